The maximum absolute atomic E-state index is 11.4. The second-order valence-electron chi connectivity index (χ2n) is 2.59. The molecule has 0 aliphatic heterocycles. The Kier molecular flexibility index (Phi) is 4.19. The smallest absolute Gasteiger partial charge is 0.336 e. The van der Waals surface area contributed by atoms with Gasteiger partial charge in [-0.15, -0.1) is 11.6 Å². The Morgan fingerprint density at radius 2 is 2.13 bits per heavy atom. The molecule has 0 radical (unpaired) electrons. The molecule has 3 N–H and O–H groups in total. The van der Waals surface area contributed by atoms with Gasteiger partial charge in [0.05, 0.1) is 12.3 Å². The van der Waals surface area contributed by atoms with E-state index in [2.05, 4.69) is 4.18 Å². The van der Waals surface area contributed by atoms with Crippen molar-refractivity contribution in [1.29, 1.82) is 4.78 Å². The van der Waals surface area contributed by atoms with Gasteiger partial charge >= 0.3 is 10.3 Å². The van der Waals surface area contributed by atoms with Crippen LogP contribution >= 0.6 is 11.6 Å². The van der Waals surface area contributed by atoms with Crippen LogP contribution in [0.25, 0.3) is 0 Å². The maximum atomic E-state index is 11.4. The van der Waals surface area contributed by atoms with Crippen LogP contribution in [0.3, 0.4) is 0 Å². The van der Waals surface area contributed by atoms with Gasteiger partial charge in [-0.1, -0.05) is 12.1 Å². The number of anilines is 1. The third-order valence-electron chi connectivity index (χ3n) is 1.43. The summed E-state index contributed by atoms with van der Waals surface area (Å²) < 4.78 is 28.1. The Hall–Kier alpha value is -0.980. The molecular weight excluding hydrogens is 240 g/mol. The van der Waals surface area contributed by atoms with Gasteiger partial charge in [-0.05, 0) is 12.1 Å². The van der Waals surface area contributed by atoms with Gasteiger partial charge in [-0.2, -0.15) is 8.99 Å². The molecule has 1 atom stereocenters. The fourth-order valence-corrected chi connectivity index (χ4v) is 1.75. The molecule has 0 saturated carbocycles. The van der Waals surface area contributed by atoms with Crippen molar-refractivity contribution in [3.05, 3.63) is 24.3 Å². The van der Waals surface area contributed by atoms with Gasteiger partial charge in [0.15, 0.2) is 5.75 Å². The Bertz CT molecular complexity index is 422. The summed E-state index contributed by atoms with van der Waals surface area (Å²) in [5.41, 5.74) is 5.84. The molecule has 5 nitrogen and oxygen atoms in total. The largest absolute Gasteiger partial charge is 0.396 e. The molecule has 0 bridgehead atoms. The molecule has 1 aromatic carbocycles. The Balaban J connectivity index is 2.74. The Morgan fingerprint density at radius 3 is 2.73 bits per heavy atom. The van der Waals surface area contributed by atoms with Crippen molar-refractivity contribution < 1.29 is 12.6 Å². The van der Waals surface area contributed by atoms with Crippen molar-refractivity contribution in [2.24, 2.45) is 0 Å². The molecule has 0 aliphatic carbocycles. The molecule has 0 amide bonds. The number of nitrogens with one attached hydrogen (secondary N) is 1. The minimum Gasteiger partial charge on any atom is -0.396 e. The van der Waals surface area contributed by atoms with Gasteiger partial charge in [0.1, 0.15) is 0 Å². The first kappa shape index (κ1) is 12.1. The predicted molar refractivity (Wildman–Crippen MR) is 59.0 cm³/mol. The van der Waals surface area contributed by atoms with Crippen LogP contribution in [0.1, 0.15) is 0 Å². The van der Waals surface area contributed by atoms with Gasteiger partial charge in [0.25, 0.3) is 0 Å². The lowest BCUT2D eigenvalue weighted by atomic mass is 10.3. The van der Waals surface area contributed by atoms with Gasteiger partial charge in [-0.25, -0.2) is 0 Å². The number of nitrogens with two attached hydrogens (primary N) is 1. The molecule has 0 fully saturated rings. The summed E-state index contributed by atoms with van der Waals surface area (Å²) in [5, 5.41) is 0. The van der Waals surface area contributed by atoms with Crippen LogP contribution in [-0.4, -0.2) is 16.7 Å². The zero-order valence-electron chi connectivity index (χ0n) is 7.81. The van der Waals surface area contributed by atoms with E-state index >= 15 is 0 Å². The summed E-state index contributed by atoms with van der Waals surface area (Å²) in [7, 11) is -3.58. The molecular formula is C8H11ClN2O3S. The van der Waals surface area contributed by atoms with E-state index in [1.165, 1.54) is 6.07 Å². The Morgan fingerprint density at radius 1 is 1.47 bits per heavy atom. The summed E-state index contributed by atoms with van der Waals surface area (Å²) in [6.45, 7) is -0.0172. The lowest BCUT2D eigenvalue weighted by Crippen LogP contribution is -2.13. The molecule has 0 heterocycles. The Labute approximate surface area is 93.5 Å². The van der Waals surface area contributed by atoms with E-state index in [1.807, 2.05) is 0 Å². The molecule has 1 rings (SSSR count). The number of hydrogen-bond acceptors (Lipinski definition) is 5. The third kappa shape index (κ3) is 3.94. The quantitative estimate of drug-likeness (QED) is 0.616. The molecule has 0 aromatic heterocycles. The number of para-hydroxylation sites is 2. The molecule has 0 saturated heterocycles. The van der Waals surface area contributed by atoms with E-state index in [0.717, 1.165) is 0 Å². The van der Waals surface area contributed by atoms with Crippen LogP contribution in [0.5, 0.6) is 5.75 Å². The zero-order valence-corrected chi connectivity index (χ0v) is 9.38. The number of hydrogen-bond donors (Lipinski definition) is 2. The lowest BCUT2D eigenvalue weighted by Gasteiger charge is -2.10. The van der Waals surface area contributed by atoms with Gasteiger partial charge < -0.3 is 9.92 Å². The molecule has 0 spiro atoms. The summed E-state index contributed by atoms with van der Waals surface area (Å²) in [5.74, 6) is 0.302. The topological polar surface area (TPSA) is 85.4 Å². The first-order valence-corrected chi connectivity index (χ1v) is 6.02. The monoisotopic (exact) mass is 250 g/mol. The first-order valence-electron chi connectivity index (χ1n) is 4.08. The fraction of sp³-hybridized carbons (Fsp3) is 0.250. The van der Waals surface area contributed by atoms with Crippen molar-refractivity contribution in [3.8, 4) is 5.75 Å². The number of halogens is 1. The maximum Gasteiger partial charge on any atom is 0.336 e. The fourth-order valence-electron chi connectivity index (χ4n) is 0.840. The van der Waals surface area contributed by atoms with E-state index in [4.69, 9.17) is 26.3 Å². The van der Waals surface area contributed by atoms with E-state index in [0.29, 0.717) is 5.69 Å². The number of alkyl halides is 1. The highest BCUT2D eigenvalue weighted by Gasteiger charge is 2.10. The molecule has 1 unspecified atom stereocenters. The molecule has 15 heavy (non-hydrogen) atoms. The number of nitrogen functional groups attached to an aromatic ring is 1. The third-order valence-corrected chi connectivity index (χ3v) is 2.46. The van der Waals surface area contributed by atoms with Crippen molar-refractivity contribution in [2.45, 2.75) is 0 Å². The standard InChI is InChI=1S/C8H11ClN2O3S/c9-5-6-13-15(11,12)14-8-4-2-1-3-7(8)10/h1-4,11H,5-6,10H2. The SMILES string of the molecule is N=S(=O)(OCCCl)Oc1ccccc1N. The summed E-state index contributed by atoms with van der Waals surface area (Å²) in [4.78, 5) is 0. The van der Waals surface area contributed by atoms with E-state index in [-0.39, 0.29) is 18.2 Å². The minimum atomic E-state index is -3.58. The van der Waals surface area contributed by atoms with Crippen molar-refractivity contribution in [1.82, 2.24) is 0 Å². The van der Waals surface area contributed by atoms with Crippen LogP contribution in [0, 0.1) is 4.78 Å². The molecule has 1 aromatic rings. The van der Waals surface area contributed by atoms with Crippen molar-refractivity contribution in [3.63, 3.8) is 0 Å². The second kappa shape index (κ2) is 5.20. The summed E-state index contributed by atoms with van der Waals surface area (Å²) in [6.07, 6.45) is 0. The summed E-state index contributed by atoms with van der Waals surface area (Å²) >= 11 is 5.33. The minimum absolute atomic E-state index is 0.0172. The van der Waals surface area contributed by atoms with Crippen LogP contribution in [0.15, 0.2) is 24.3 Å². The highest BCUT2D eigenvalue weighted by Crippen LogP contribution is 2.22. The first-order chi connectivity index (χ1) is 7.05. The average molecular weight is 251 g/mol. The van der Waals surface area contributed by atoms with Gasteiger partial charge in [0.2, 0.25) is 0 Å². The lowest BCUT2D eigenvalue weighted by molar-refractivity contribution is 0.319. The van der Waals surface area contributed by atoms with Crippen LogP contribution in [0.2, 0.25) is 0 Å². The molecule has 84 valence electrons. The predicted octanol–water partition coefficient (Wildman–Crippen LogP) is 1.78. The van der Waals surface area contributed by atoms with Crippen LogP contribution < -0.4 is 9.92 Å². The normalized spacial score (nSPS) is 14.5. The second-order valence-corrected chi connectivity index (χ2v) is 4.27. The molecule has 0 aliphatic rings. The van der Waals surface area contributed by atoms with Crippen molar-refractivity contribution >= 4 is 27.6 Å². The van der Waals surface area contributed by atoms with E-state index < -0.39 is 10.3 Å². The van der Waals surface area contributed by atoms with Crippen molar-refractivity contribution in [2.75, 3.05) is 18.2 Å². The van der Waals surface area contributed by atoms with E-state index in [9.17, 15) is 4.21 Å². The molecule has 7 heteroatoms. The summed E-state index contributed by atoms with van der Waals surface area (Å²) in [6, 6.07) is 6.44. The zero-order chi connectivity index (χ0) is 11.3. The van der Waals surface area contributed by atoms with Crippen LogP contribution in [-0.2, 0) is 14.5 Å². The van der Waals surface area contributed by atoms with E-state index in [1.54, 1.807) is 18.2 Å². The van der Waals surface area contributed by atoms with Gasteiger partial charge in [0, 0.05) is 5.88 Å². The highest BCUT2D eigenvalue weighted by atomic mass is 35.5. The van der Waals surface area contributed by atoms with Crippen LogP contribution in [0.4, 0.5) is 5.69 Å². The van der Waals surface area contributed by atoms with Gasteiger partial charge in [-0.3, -0.25) is 4.18 Å². The highest BCUT2D eigenvalue weighted by molar-refractivity contribution is 7.83. The number of rotatable bonds is 5. The average Bonchev–Trinajstić information content (AvgIpc) is 2.18. The number of benzene rings is 1.